The summed E-state index contributed by atoms with van der Waals surface area (Å²) in [5, 5.41) is 2.41. The Morgan fingerprint density at radius 1 is 0.853 bits per heavy atom. The van der Waals surface area contributed by atoms with Gasteiger partial charge in [-0.2, -0.15) is 17.0 Å². The van der Waals surface area contributed by atoms with E-state index in [0.717, 1.165) is 18.5 Å². The summed E-state index contributed by atoms with van der Waals surface area (Å²) in [5.74, 6) is 0.0764. The van der Waals surface area contributed by atoms with Crippen molar-refractivity contribution in [2.75, 3.05) is 57.3 Å². The van der Waals surface area contributed by atoms with Crippen molar-refractivity contribution in [1.82, 2.24) is 13.5 Å². The average Bonchev–Trinajstić information content (AvgIpc) is 3.71. The van der Waals surface area contributed by atoms with E-state index in [1.165, 1.54) is 10.8 Å². The lowest BCUT2D eigenvalue weighted by Crippen LogP contribution is -2.61. The Hall–Kier alpha value is -2.20. The molecule has 3 aliphatic heterocycles. The standard InChI is InChI=1S/C25H32N4O4S/c30-24-18-33-25(19-29(24)22-7-8-22)9-11-27(12-10-25)34(31,32)28-15-13-26(14-16-28)23-6-5-20-3-1-2-4-21(20)17-23/h1-6,17,22H,7-16,18-19H2. The Kier molecular flexibility index (Phi) is 5.55. The molecule has 3 saturated heterocycles. The molecule has 8 nitrogen and oxygen atoms in total. The fraction of sp³-hybridized carbons (Fsp3) is 0.560. The zero-order chi connectivity index (χ0) is 23.3. The topological polar surface area (TPSA) is 73.4 Å². The number of carbonyl (C=O) groups is 1. The average molecular weight is 485 g/mol. The van der Waals surface area contributed by atoms with Crippen LogP contribution in [0.4, 0.5) is 5.69 Å². The molecule has 2 aromatic rings. The predicted molar refractivity (Wildman–Crippen MR) is 131 cm³/mol. The summed E-state index contributed by atoms with van der Waals surface area (Å²) in [6.07, 6.45) is 3.43. The van der Waals surface area contributed by atoms with E-state index in [0.29, 0.717) is 64.7 Å². The number of hydrogen-bond donors (Lipinski definition) is 0. The zero-order valence-corrected chi connectivity index (χ0v) is 20.3. The van der Waals surface area contributed by atoms with Crippen LogP contribution in [-0.4, -0.2) is 91.9 Å². The molecule has 2 aromatic carbocycles. The first-order valence-electron chi connectivity index (χ1n) is 12.4. The van der Waals surface area contributed by atoms with Gasteiger partial charge >= 0.3 is 0 Å². The van der Waals surface area contributed by atoms with Crippen molar-refractivity contribution in [3.8, 4) is 0 Å². The quantitative estimate of drug-likeness (QED) is 0.664. The highest BCUT2D eigenvalue weighted by atomic mass is 32.2. The van der Waals surface area contributed by atoms with Crippen LogP contribution in [0.3, 0.4) is 0 Å². The third-order valence-electron chi connectivity index (χ3n) is 7.89. The number of piperazine rings is 1. The van der Waals surface area contributed by atoms with Gasteiger partial charge in [-0.05, 0) is 48.6 Å². The number of amides is 1. The largest absolute Gasteiger partial charge is 0.369 e. The molecule has 4 aliphatic rings. The molecule has 9 heteroatoms. The molecule has 0 bridgehead atoms. The number of hydrogen-bond acceptors (Lipinski definition) is 5. The highest BCUT2D eigenvalue weighted by Gasteiger charge is 2.48. The van der Waals surface area contributed by atoms with Crippen LogP contribution in [0.25, 0.3) is 10.8 Å². The molecule has 0 atom stereocenters. The molecule has 0 N–H and O–H groups in total. The molecule has 1 amide bonds. The van der Waals surface area contributed by atoms with Crippen LogP contribution in [0.2, 0.25) is 0 Å². The number of carbonyl (C=O) groups excluding carboxylic acids is 1. The number of anilines is 1. The van der Waals surface area contributed by atoms with E-state index in [1.54, 1.807) is 8.61 Å². The summed E-state index contributed by atoms with van der Waals surface area (Å²) in [7, 11) is -3.51. The van der Waals surface area contributed by atoms with Gasteiger partial charge in [0.05, 0.1) is 12.1 Å². The molecule has 4 fully saturated rings. The normalized spacial score (nSPS) is 24.8. The first-order chi connectivity index (χ1) is 16.4. The highest BCUT2D eigenvalue weighted by molar-refractivity contribution is 7.86. The highest BCUT2D eigenvalue weighted by Crippen LogP contribution is 2.37. The first kappa shape index (κ1) is 22.3. The second kappa shape index (κ2) is 8.48. The molecular weight excluding hydrogens is 452 g/mol. The minimum Gasteiger partial charge on any atom is -0.369 e. The number of morpholine rings is 1. The Morgan fingerprint density at radius 3 is 2.24 bits per heavy atom. The van der Waals surface area contributed by atoms with Gasteiger partial charge in [-0.15, -0.1) is 0 Å². The lowest BCUT2D eigenvalue weighted by Gasteiger charge is -2.47. The first-order valence-corrected chi connectivity index (χ1v) is 13.8. The second-order valence-corrected chi connectivity index (χ2v) is 12.0. The third-order valence-corrected chi connectivity index (χ3v) is 9.93. The van der Waals surface area contributed by atoms with Gasteiger partial charge in [0.1, 0.15) is 6.61 Å². The number of fused-ring (bicyclic) bond motifs is 1. The van der Waals surface area contributed by atoms with Crippen molar-refractivity contribution in [3.05, 3.63) is 42.5 Å². The Bertz CT molecular complexity index is 1180. The van der Waals surface area contributed by atoms with Gasteiger partial charge in [0.25, 0.3) is 10.2 Å². The third kappa shape index (κ3) is 4.08. The Labute approximate surface area is 201 Å². The van der Waals surface area contributed by atoms with Crippen molar-refractivity contribution < 1.29 is 17.9 Å². The fourth-order valence-corrected chi connectivity index (χ4v) is 7.20. The molecule has 1 spiro atoms. The molecule has 3 heterocycles. The van der Waals surface area contributed by atoms with E-state index >= 15 is 0 Å². The molecule has 1 aliphatic carbocycles. The summed E-state index contributed by atoms with van der Waals surface area (Å²) < 4.78 is 36.0. The maximum Gasteiger partial charge on any atom is 0.282 e. The molecule has 0 unspecified atom stereocenters. The minimum atomic E-state index is -3.51. The Balaban J connectivity index is 1.07. The molecule has 34 heavy (non-hydrogen) atoms. The summed E-state index contributed by atoms with van der Waals surface area (Å²) in [6.45, 7) is 3.94. The number of piperidine rings is 1. The maximum atomic E-state index is 13.4. The molecule has 0 aromatic heterocycles. The van der Waals surface area contributed by atoms with Crippen LogP contribution in [0.1, 0.15) is 25.7 Å². The number of nitrogens with zero attached hydrogens (tertiary/aromatic N) is 4. The van der Waals surface area contributed by atoms with E-state index in [2.05, 4.69) is 35.2 Å². The van der Waals surface area contributed by atoms with E-state index < -0.39 is 15.8 Å². The SMILES string of the molecule is O=C1COC2(CCN(S(=O)(=O)N3CCN(c4ccc5ccccc5c4)CC3)CC2)CN1C1CC1. The van der Waals surface area contributed by atoms with Gasteiger partial charge in [-0.1, -0.05) is 30.3 Å². The van der Waals surface area contributed by atoms with Crippen LogP contribution in [0, 0.1) is 0 Å². The van der Waals surface area contributed by atoms with Crippen LogP contribution >= 0.6 is 0 Å². The van der Waals surface area contributed by atoms with Crippen molar-refractivity contribution in [1.29, 1.82) is 0 Å². The van der Waals surface area contributed by atoms with Crippen LogP contribution in [0.15, 0.2) is 42.5 Å². The smallest absolute Gasteiger partial charge is 0.282 e. The summed E-state index contributed by atoms with van der Waals surface area (Å²) in [4.78, 5) is 16.4. The zero-order valence-electron chi connectivity index (χ0n) is 19.4. The van der Waals surface area contributed by atoms with Crippen LogP contribution < -0.4 is 4.90 Å². The van der Waals surface area contributed by atoms with E-state index in [9.17, 15) is 13.2 Å². The van der Waals surface area contributed by atoms with Crippen molar-refractivity contribution in [2.24, 2.45) is 0 Å². The lowest BCUT2D eigenvalue weighted by molar-refractivity contribution is -0.170. The molecule has 0 radical (unpaired) electrons. The minimum absolute atomic E-state index is 0.0764. The van der Waals surface area contributed by atoms with E-state index in [-0.39, 0.29) is 12.5 Å². The molecule has 1 saturated carbocycles. The predicted octanol–water partition coefficient (Wildman–Crippen LogP) is 2.06. The molecule has 6 rings (SSSR count). The maximum absolute atomic E-state index is 13.4. The van der Waals surface area contributed by atoms with Gasteiger partial charge in [0.15, 0.2) is 0 Å². The van der Waals surface area contributed by atoms with E-state index in [4.69, 9.17) is 4.74 Å². The van der Waals surface area contributed by atoms with Crippen molar-refractivity contribution in [2.45, 2.75) is 37.3 Å². The van der Waals surface area contributed by atoms with Gasteiger partial charge in [0, 0.05) is 51.0 Å². The van der Waals surface area contributed by atoms with Crippen LogP contribution in [-0.2, 0) is 19.7 Å². The second-order valence-electron chi connectivity index (χ2n) is 10.0. The van der Waals surface area contributed by atoms with E-state index in [1.807, 2.05) is 17.0 Å². The summed E-state index contributed by atoms with van der Waals surface area (Å²) in [6, 6.07) is 15.1. The van der Waals surface area contributed by atoms with Crippen molar-refractivity contribution in [3.63, 3.8) is 0 Å². The molecule has 182 valence electrons. The molecular formula is C25H32N4O4S. The van der Waals surface area contributed by atoms with Gasteiger partial charge < -0.3 is 14.5 Å². The van der Waals surface area contributed by atoms with Gasteiger partial charge in [-0.3, -0.25) is 4.79 Å². The van der Waals surface area contributed by atoms with Gasteiger partial charge in [-0.25, -0.2) is 0 Å². The monoisotopic (exact) mass is 484 g/mol. The summed E-state index contributed by atoms with van der Waals surface area (Å²) >= 11 is 0. The Morgan fingerprint density at radius 2 is 1.53 bits per heavy atom. The van der Waals surface area contributed by atoms with Crippen LogP contribution in [0.5, 0.6) is 0 Å². The van der Waals surface area contributed by atoms with Gasteiger partial charge in [0.2, 0.25) is 5.91 Å². The van der Waals surface area contributed by atoms with Crippen molar-refractivity contribution >= 4 is 32.6 Å². The number of rotatable bonds is 4. The fourth-order valence-electron chi connectivity index (χ4n) is 5.60. The lowest BCUT2D eigenvalue weighted by atomic mass is 9.90. The summed E-state index contributed by atoms with van der Waals surface area (Å²) in [5.41, 5.74) is 0.747. The number of ether oxygens (including phenoxy) is 1. The number of benzene rings is 2.